The molecule has 1 aliphatic heterocycles. The lowest BCUT2D eigenvalue weighted by atomic mass is 10.2. The summed E-state index contributed by atoms with van der Waals surface area (Å²) in [4.78, 5) is 27.7. The van der Waals surface area contributed by atoms with Gasteiger partial charge in [-0.05, 0) is 11.4 Å². The molecule has 2 rings (SSSR count). The van der Waals surface area contributed by atoms with E-state index in [1.54, 1.807) is 11.9 Å². The van der Waals surface area contributed by atoms with Crippen LogP contribution in [-0.2, 0) is 9.59 Å². The maximum atomic E-state index is 12.1. The number of thiophene rings is 1. The Kier molecular flexibility index (Phi) is 3.49. The van der Waals surface area contributed by atoms with E-state index in [1.165, 1.54) is 18.4 Å². The molecule has 0 aliphatic carbocycles. The molecule has 0 atom stereocenters. The van der Waals surface area contributed by atoms with Gasteiger partial charge in [0.2, 0.25) is 0 Å². The average Bonchev–Trinajstić information content (AvgIpc) is 2.92. The van der Waals surface area contributed by atoms with Crippen LogP contribution < -0.4 is 0 Å². The van der Waals surface area contributed by atoms with Gasteiger partial charge in [0.1, 0.15) is 5.70 Å². The Bertz CT molecular complexity index is 507. The summed E-state index contributed by atoms with van der Waals surface area (Å²) in [5.74, 6) is -0.610. The summed E-state index contributed by atoms with van der Waals surface area (Å²) in [6, 6.07) is 3.66. The van der Waals surface area contributed by atoms with Gasteiger partial charge in [0, 0.05) is 25.5 Å². The van der Waals surface area contributed by atoms with Crippen molar-refractivity contribution in [2.24, 2.45) is 0 Å². The number of carbonyl (C=O) groups excluding carboxylic acids is 2. The molecule has 2 heterocycles. The highest BCUT2D eigenvalue weighted by Crippen LogP contribution is 2.32. The molecule has 0 fully saturated rings. The van der Waals surface area contributed by atoms with Gasteiger partial charge in [-0.2, -0.15) is 0 Å². The number of imide groups is 1. The van der Waals surface area contributed by atoms with Crippen LogP contribution in [0, 0.1) is 0 Å². The number of aliphatic hydroxyl groups excluding tert-OH is 1. The molecular weight excluding hydrogens is 252 g/mol. The SMILES string of the molecule is CN(CCO)C1=C(c2cccs2)C(=O)N(C)C1=O. The fourth-order valence-corrected chi connectivity index (χ4v) is 2.65. The highest BCUT2D eigenvalue weighted by Gasteiger charge is 2.38. The van der Waals surface area contributed by atoms with Gasteiger partial charge >= 0.3 is 0 Å². The lowest BCUT2D eigenvalue weighted by Crippen LogP contribution is -2.31. The van der Waals surface area contributed by atoms with Gasteiger partial charge in [-0.15, -0.1) is 11.3 Å². The van der Waals surface area contributed by atoms with E-state index >= 15 is 0 Å². The highest BCUT2D eigenvalue weighted by molar-refractivity contribution is 7.11. The van der Waals surface area contributed by atoms with Crippen molar-refractivity contribution >= 4 is 28.7 Å². The van der Waals surface area contributed by atoms with Gasteiger partial charge in [0.15, 0.2) is 0 Å². The summed E-state index contributed by atoms with van der Waals surface area (Å²) >= 11 is 1.42. The van der Waals surface area contributed by atoms with E-state index in [4.69, 9.17) is 5.11 Å². The number of amides is 2. The minimum absolute atomic E-state index is 0.0666. The number of hydrogen-bond donors (Lipinski definition) is 1. The Morgan fingerprint density at radius 2 is 2.11 bits per heavy atom. The first-order chi connectivity index (χ1) is 8.57. The quantitative estimate of drug-likeness (QED) is 0.801. The van der Waals surface area contributed by atoms with E-state index in [2.05, 4.69) is 0 Å². The Balaban J connectivity index is 2.51. The molecule has 1 aromatic rings. The van der Waals surface area contributed by atoms with Gasteiger partial charge in [-0.25, -0.2) is 0 Å². The maximum absolute atomic E-state index is 12.1. The van der Waals surface area contributed by atoms with Crippen LogP contribution in [0.25, 0.3) is 5.57 Å². The third-order valence-corrected chi connectivity index (χ3v) is 3.73. The fraction of sp³-hybridized carbons (Fsp3) is 0.333. The zero-order valence-corrected chi connectivity index (χ0v) is 11.0. The topological polar surface area (TPSA) is 60.9 Å². The lowest BCUT2D eigenvalue weighted by Gasteiger charge is -2.18. The van der Waals surface area contributed by atoms with Crippen molar-refractivity contribution in [3.05, 3.63) is 28.1 Å². The normalized spacial score (nSPS) is 15.8. The molecule has 0 bridgehead atoms. The summed E-state index contributed by atoms with van der Waals surface area (Å²) in [6.07, 6.45) is 0. The highest BCUT2D eigenvalue weighted by atomic mass is 32.1. The van der Waals surface area contributed by atoms with Gasteiger partial charge in [0.25, 0.3) is 11.8 Å². The second kappa shape index (κ2) is 4.91. The molecule has 5 nitrogen and oxygen atoms in total. The van der Waals surface area contributed by atoms with Crippen molar-refractivity contribution in [2.75, 3.05) is 27.2 Å². The number of aliphatic hydroxyl groups is 1. The Morgan fingerprint density at radius 3 is 2.67 bits per heavy atom. The number of nitrogens with zero attached hydrogens (tertiary/aromatic N) is 2. The number of likely N-dealkylation sites (N-methyl/N-ethyl adjacent to an activating group) is 2. The summed E-state index contributed by atoms with van der Waals surface area (Å²) in [7, 11) is 3.17. The summed E-state index contributed by atoms with van der Waals surface area (Å²) in [5.41, 5.74) is 0.785. The first-order valence-corrected chi connectivity index (χ1v) is 6.38. The third kappa shape index (κ3) is 1.93. The van der Waals surface area contributed by atoms with E-state index in [0.29, 0.717) is 17.8 Å². The van der Waals surface area contributed by atoms with Crippen molar-refractivity contribution < 1.29 is 14.7 Å². The molecule has 0 aromatic carbocycles. The van der Waals surface area contributed by atoms with Crippen LogP contribution in [-0.4, -0.2) is 54.0 Å². The Labute approximate surface area is 109 Å². The Morgan fingerprint density at radius 1 is 1.39 bits per heavy atom. The largest absolute Gasteiger partial charge is 0.395 e. The average molecular weight is 266 g/mol. The molecule has 1 N–H and O–H groups in total. The van der Waals surface area contributed by atoms with Crippen LogP contribution in [0.5, 0.6) is 0 Å². The fourth-order valence-electron chi connectivity index (χ4n) is 1.89. The van der Waals surface area contributed by atoms with Crippen LogP contribution in [0.15, 0.2) is 23.2 Å². The second-order valence-electron chi connectivity index (χ2n) is 4.02. The zero-order valence-electron chi connectivity index (χ0n) is 10.2. The third-order valence-electron chi connectivity index (χ3n) is 2.85. The van der Waals surface area contributed by atoms with Crippen LogP contribution in [0.3, 0.4) is 0 Å². The monoisotopic (exact) mass is 266 g/mol. The van der Waals surface area contributed by atoms with E-state index in [0.717, 1.165) is 9.78 Å². The molecule has 96 valence electrons. The minimum Gasteiger partial charge on any atom is -0.395 e. The van der Waals surface area contributed by atoms with Crippen molar-refractivity contribution in [3.63, 3.8) is 0 Å². The molecule has 0 unspecified atom stereocenters. The number of rotatable bonds is 4. The smallest absolute Gasteiger partial charge is 0.277 e. The molecule has 0 saturated carbocycles. The molecule has 1 aliphatic rings. The van der Waals surface area contributed by atoms with E-state index < -0.39 is 0 Å². The van der Waals surface area contributed by atoms with Gasteiger partial charge in [-0.3, -0.25) is 14.5 Å². The molecule has 1 aromatic heterocycles. The maximum Gasteiger partial charge on any atom is 0.277 e. The molecule has 2 amide bonds. The van der Waals surface area contributed by atoms with Crippen molar-refractivity contribution in [2.45, 2.75) is 0 Å². The molecule has 0 radical (unpaired) electrons. The number of carbonyl (C=O) groups is 2. The first-order valence-electron chi connectivity index (χ1n) is 5.50. The van der Waals surface area contributed by atoms with E-state index in [9.17, 15) is 9.59 Å². The van der Waals surface area contributed by atoms with Crippen molar-refractivity contribution in [1.82, 2.24) is 9.80 Å². The van der Waals surface area contributed by atoms with Gasteiger partial charge in [-0.1, -0.05) is 6.07 Å². The summed E-state index contributed by atoms with van der Waals surface area (Å²) in [6.45, 7) is 0.250. The van der Waals surface area contributed by atoms with Gasteiger partial charge in [0.05, 0.1) is 12.2 Å². The lowest BCUT2D eigenvalue weighted by molar-refractivity contribution is -0.135. The van der Waals surface area contributed by atoms with E-state index in [-0.39, 0.29) is 18.4 Å². The second-order valence-corrected chi connectivity index (χ2v) is 4.96. The first kappa shape index (κ1) is 12.8. The van der Waals surface area contributed by atoms with Crippen molar-refractivity contribution in [1.29, 1.82) is 0 Å². The van der Waals surface area contributed by atoms with Gasteiger partial charge < -0.3 is 10.0 Å². The van der Waals surface area contributed by atoms with E-state index in [1.807, 2.05) is 17.5 Å². The number of hydrogen-bond acceptors (Lipinski definition) is 5. The minimum atomic E-state index is -0.320. The Hall–Kier alpha value is -1.66. The summed E-state index contributed by atoms with van der Waals surface area (Å²) in [5, 5.41) is 10.8. The molecular formula is C12H14N2O3S. The molecule has 6 heteroatoms. The predicted octanol–water partition coefficient (Wildman–Crippen LogP) is 0.382. The standard InChI is InChI=1S/C12H14N2O3S/c1-13(5-6-15)10-9(8-4-3-7-18-8)11(16)14(2)12(10)17/h3-4,7,15H,5-6H2,1-2H3. The molecule has 18 heavy (non-hydrogen) atoms. The van der Waals surface area contributed by atoms with Crippen LogP contribution in [0.1, 0.15) is 4.88 Å². The molecule has 0 saturated heterocycles. The van der Waals surface area contributed by atoms with Crippen molar-refractivity contribution in [3.8, 4) is 0 Å². The van der Waals surface area contributed by atoms with Crippen LogP contribution in [0.2, 0.25) is 0 Å². The zero-order chi connectivity index (χ0) is 13.3. The van der Waals surface area contributed by atoms with Crippen LogP contribution in [0.4, 0.5) is 0 Å². The predicted molar refractivity (Wildman–Crippen MR) is 68.7 cm³/mol. The van der Waals surface area contributed by atoms with Crippen LogP contribution >= 0.6 is 11.3 Å². The summed E-state index contributed by atoms with van der Waals surface area (Å²) < 4.78 is 0. The molecule has 0 spiro atoms.